The molecule has 0 atom stereocenters. The van der Waals surface area contributed by atoms with Crippen LogP contribution in [0.3, 0.4) is 0 Å². The van der Waals surface area contributed by atoms with Crippen molar-refractivity contribution in [2.75, 3.05) is 17.1 Å². The molecule has 0 aliphatic rings. The molecule has 9 nitrogen and oxygen atoms in total. The van der Waals surface area contributed by atoms with Gasteiger partial charge in [-0.3, -0.25) is 4.72 Å². The van der Waals surface area contributed by atoms with Crippen LogP contribution >= 0.6 is 0 Å². The van der Waals surface area contributed by atoms with E-state index in [-0.39, 0.29) is 4.90 Å². The summed E-state index contributed by atoms with van der Waals surface area (Å²) in [6.07, 6.45) is 1.82. The van der Waals surface area contributed by atoms with E-state index in [1.165, 1.54) is 0 Å². The van der Waals surface area contributed by atoms with Crippen molar-refractivity contribution in [1.29, 1.82) is 0 Å². The van der Waals surface area contributed by atoms with Crippen LogP contribution in [0.25, 0.3) is 5.82 Å². The molecule has 0 bridgehead atoms. The van der Waals surface area contributed by atoms with Crippen molar-refractivity contribution in [2.45, 2.75) is 25.7 Å². The van der Waals surface area contributed by atoms with Crippen LogP contribution in [0.15, 0.2) is 65.7 Å². The van der Waals surface area contributed by atoms with Gasteiger partial charge in [0.05, 0.1) is 17.7 Å². The fourth-order valence-electron chi connectivity index (χ4n) is 3.31. The Morgan fingerprint density at radius 3 is 2.21 bits per heavy atom. The number of nitrogens with one attached hydrogen (secondary N) is 2. The Labute approximate surface area is 192 Å². The standard InChI is InChI=1S/C23H24N6O3S/c1-15-14-21(16(2)13-20(15)32-4)33(30,31)28-19-7-5-18(6-8-19)24-22-9-10-23(26-25-22)29-12-11-17(3)27-29/h5-14,28H,1-4H3,(H,24,25). The minimum atomic E-state index is -3.75. The zero-order valence-corrected chi connectivity index (χ0v) is 19.5. The number of sulfonamides is 1. The number of ether oxygens (including phenoxy) is 1. The van der Waals surface area contributed by atoms with Gasteiger partial charge in [-0.25, -0.2) is 13.1 Å². The Bertz CT molecular complexity index is 1380. The lowest BCUT2D eigenvalue weighted by Gasteiger charge is -2.14. The fraction of sp³-hybridized carbons (Fsp3) is 0.174. The second-order valence-electron chi connectivity index (χ2n) is 7.57. The van der Waals surface area contributed by atoms with Crippen molar-refractivity contribution in [1.82, 2.24) is 20.0 Å². The van der Waals surface area contributed by atoms with Crippen molar-refractivity contribution in [3.8, 4) is 11.6 Å². The van der Waals surface area contributed by atoms with Crippen molar-refractivity contribution in [2.24, 2.45) is 0 Å². The molecular formula is C23H24N6O3S. The van der Waals surface area contributed by atoms with Crippen molar-refractivity contribution in [3.05, 3.63) is 77.6 Å². The molecule has 2 aromatic carbocycles. The van der Waals surface area contributed by atoms with Gasteiger partial charge >= 0.3 is 0 Å². The third-order valence-corrected chi connectivity index (χ3v) is 6.52. The Balaban J connectivity index is 1.46. The van der Waals surface area contributed by atoms with Gasteiger partial charge in [-0.05, 0) is 86.5 Å². The van der Waals surface area contributed by atoms with Gasteiger partial charge < -0.3 is 10.1 Å². The van der Waals surface area contributed by atoms with Crippen molar-refractivity contribution in [3.63, 3.8) is 0 Å². The maximum atomic E-state index is 12.9. The molecule has 10 heteroatoms. The first kappa shape index (κ1) is 22.3. The van der Waals surface area contributed by atoms with E-state index in [0.717, 1.165) is 16.9 Å². The number of anilines is 3. The molecule has 33 heavy (non-hydrogen) atoms. The van der Waals surface area contributed by atoms with E-state index in [2.05, 4.69) is 25.3 Å². The number of nitrogens with zero attached hydrogens (tertiary/aromatic N) is 4. The largest absolute Gasteiger partial charge is 0.496 e. The zero-order chi connectivity index (χ0) is 23.6. The summed E-state index contributed by atoms with van der Waals surface area (Å²) in [5, 5.41) is 15.8. The predicted molar refractivity (Wildman–Crippen MR) is 127 cm³/mol. The first-order valence-electron chi connectivity index (χ1n) is 10.2. The van der Waals surface area contributed by atoms with Gasteiger partial charge in [0, 0.05) is 17.6 Å². The molecule has 4 rings (SSSR count). The Morgan fingerprint density at radius 1 is 0.879 bits per heavy atom. The van der Waals surface area contributed by atoms with Crippen LogP contribution in [0.5, 0.6) is 5.75 Å². The minimum absolute atomic E-state index is 0.214. The summed E-state index contributed by atoms with van der Waals surface area (Å²) in [5.74, 6) is 1.82. The molecular weight excluding hydrogens is 440 g/mol. The lowest BCUT2D eigenvalue weighted by Crippen LogP contribution is -2.14. The van der Waals surface area contributed by atoms with E-state index in [0.29, 0.717) is 28.6 Å². The minimum Gasteiger partial charge on any atom is -0.496 e. The Morgan fingerprint density at radius 2 is 1.61 bits per heavy atom. The highest BCUT2D eigenvalue weighted by atomic mass is 32.2. The van der Waals surface area contributed by atoms with Crippen LogP contribution < -0.4 is 14.8 Å². The van der Waals surface area contributed by atoms with E-state index in [1.807, 2.05) is 32.2 Å². The van der Waals surface area contributed by atoms with Gasteiger partial charge in [-0.1, -0.05) is 0 Å². The van der Waals surface area contributed by atoms with Gasteiger partial charge in [0.1, 0.15) is 5.75 Å². The number of benzene rings is 2. The number of aromatic nitrogens is 4. The van der Waals surface area contributed by atoms with Crippen LogP contribution in [-0.2, 0) is 10.0 Å². The summed E-state index contributed by atoms with van der Waals surface area (Å²) >= 11 is 0. The topological polar surface area (TPSA) is 111 Å². The molecule has 0 spiro atoms. The van der Waals surface area contributed by atoms with Crippen molar-refractivity contribution < 1.29 is 13.2 Å². The van der Waals surface area contributed by atoms with E-state index in [1.54, 1.807) is 61.2 Å². The lowest BCUT2D eigenvalue weighted by molar-refractivity contribution is 0.411. The first-order valence-corrected chi connectivity index (χ1v) is 11.6. The molecule has 0 saturated carbocycles. The quantitative estimate of drug-likeness (QED) is 0.423. The third-order valence-electron chi connectivity index (χ3n) is 5.00. The second kappa shape index (κ2) is 8.91. The van der Waals surface area contributed by atoms with Gasteiger partial charge in [0.25, 0.3) is 10.0 Å². The highest BCUT2D eigenvalue weighted by molar-refractivity contribution is 7.92. The highest BCUT2D eigenvalue weighted by Crippen LogP contribution is 2.27. The maximum Gasteiger partial charge on any atom is 0.262 e. The number of methoxy groups -OCH3 is 1. The zero-order valence-electron chi connectivity index (χ0n) is 18.7. The molecule has 4 aromatic rings. The average molecular weight is 465 g/mol. The number of hydrogen-bond donors (Lipinski definition) is 2. The molecule has 2 heterocycles. The number of rotatable bonds is 7. The van der Waals surface area contributed by atoms with Gasteiger partial charge in [0.2, 0.25) is 0 Å². The Hall–Kier alpha value is -3.92. The molecule has 2 aromatic heterocycles. The monoisotopic (exact) mass is 464 g/mol. The molecule has 170 valence electrons. The fourth-order valence-corrected chi connectivity index (χ4v) is 4.68. The smallest absolute Gasteiger partial charge is 0.262 e. The highest BCUT2D eigenvalue weighted by Gasteiger charge is 2.19. The van der Waals surface area contributed by atoms with E-state index in [4.69, 9.17) is 4.74 Å². The number of aryl methyl sites for hydroxylation is 3. The van der Waals surface area contributed by atoms with Crippen molar-refractivity contribution >= 4 is 27.2 Å². The normalized spacial score (nSPS) is 11.3. The average Bonchev–Trinajstić information content (AvgIpc) is 3.23. The molecule has 0 aliphatic carbocycles. The van der Waals surface area contributed by atoms with Gasteiger partial charge in [-0.2, -0.15) is 5.10 Å². The van der Waals surface area contributed by atoms with E-state index in [9.17, 15) is 8.42 Å². The van der Waals surface area contributed by atoms with Crippen LogP contribution in [0.2, 0.25) is 0 Å². The van der Waals surface area contributed by atoms with E-state index < -0.39 is 10.0 Å². The van der Waals surface area contributed by atoms with Crippen LogP contribution in [0.1, 0.15) is 16.8 Å². The molecule has 0 radical (unpaired) electrons. The van der Waals surface area contributed by atoms with Gasteiger partial charge in [0.15, 0.2) is 11.6 Å². The molecule has 2 N–H and O–H groups in total. The summed E-state index contributed by atoms with van der Waals surface area (Å²) in [5.41, 5.74) is 3.44. The maximum absolute atomic E-state index is 12.9. The molecule has 0 fully saturated rings. The lowest BCUT2D eigenvalue weighted by atomic mass is 10.1. The summed E-state index contributed by atoms with van der Waals surface area (Å²) in [6.45, 7) is 5.45. The van der Waals surface area contributed by atoms with Gasteiger partial charge in [-0.15, -0.1) is 10.2 Å². The summed E-state index contributed by atoms with van der Waals surface area (Å²) in [7, 11) is -2.19. The second-order valence-corrected chi connectivity index (χ2v) is 9.22. The molecule has 0 aliphatic heterocycles. The SMILES string of the molecule is COc1cc(C)c(S(=O)(=O)Nc2ccc(Nc3ccc(-n4ccc(C)n4)nn3)cc2)cc1C. The number of hydrogen-bond acceptors (Lipinski definition) is 7. The summed E-state index contributed by atoms with van der Waals surface area (Å²) in [6, 6.07) is 15.7. The predicted octanol–water partition coefficient (Wildman–Crippen LogP) is 4.14. The van der Waals surface area contributed by atoms with Crippen LogP contribution in [0, 0.1) is 20.8 Å². The van der Waals surface area contributed by atoms with Crippen LogP contribution in [-0.4, -0.2) is 35.5 Å². The molecule has 0 unspecified atom stereocenters. The molecule has 0 amide bonds. The summed E-state index contributed by atoms with van der Waals surface area (Å²) in [4.78, 5) is 0.214. The Kier molecular flexibility index (Phi) is 6.01. The van der Waals surface area contributed by atoms with Crippen LogP contribution in [0.4, 0.5) is 17.2 Å². The summed E-state index contributed by atoms with van der Waals surface area (Å²) < 4.78 is 35.4. The van der Waals surface area contributed by atoms with E-state index >= 15 is 0 Å². The third kappa shape index (κ3) is 4.96. The molecule has 0 saturated heterocycles. The first-order chi connectivity index (χ1) is 15.7.